The van der Waals surface area contributed by atoms with Crippen LogP contribution in [0.3, 0.4) is 0 Å². The Bertz CT molecular complexity index is 528. The Kier molecular flexibility index (Phi) is 6.88. The topological polar surface area (TPSA) is 111 Å². The van der Waals surface area contributed by atoms with Gasteiger partial charge in [-0.3, -0.25) is 14.4 Å². The van der Waals surface area contributed by atoms with Crippen molar-refractivity contribution in [3.8, 4) is 5.75 Å². The Balaban J connectivity index is 2.39. The third kappa shape index (κ3) is 5.82. The lowest BCUT2D eigenvalue weighted by atomic mass is 10.2. The maximum Gasteiger partial charge on any atom is 0.258 e. The Morgan fingerprint density at radius 1 is 1.23 bits per heavy atom. The highest BCUT2D eigenvalue weighted by atomic mass is 16.5. The van der Waals surface area contributed by atoms with Crippen molar-refractivity contribution in [1.29, 1.82) is 0 Å². The van der Waals surface area contributed by atoms with Crippen LogP contribution in [0.4, 0.5) is 0 Å². The summed E-state index contributed by atoms with van der Waals surface area (Å²) in [5.74, 6) is -0.737. The number of carbonyl (C=O) groups is 3. The first-order chi connectivity index (χ1) is 10.4. The van der Waals surface area contributed by atoms with E-state index in [1.165, 1.54) is 12.1 Å². The quantitative estimate of drug-likeness (QED) is 0.637. The van der Waals surface area contributed by atoms with Crippen LogP contribution in [0.2, 0.25) is 0 Å². The van der Waals surface area contributed by atoms with Crippen molar-refractivity contribution in [3.05, 3.63) is 29.8 Å². The number of nitrogens with two attached hydrogens (primary N) is 1. The molecule has 1 aromatic rings. The highest BCUT2D eigenvalue weighted by molar-refractivity contribution is 5.92. The van der Waals surface area contributed by atoms with Crippen molar-refractivity contribution < 1.29 is 19.1 Å². The highest BCUT2D eigenvalue weighted by Gasteiger charge is 2.15. The molecule has 0 fully saturated rings. The minimum atomic E-state index is -0.625. The first-order valence-corrected chi connectivity index (χ1v) is 7.03. The molecule has 0 bridgehead atoms. The van der Waals surface area contributed by atoms with E-state index in [1.54, 1.807) is 19.1 Å². The third-order valence-electron chi connectivity index (χ3n) is 2.83. The second-order valence-electron chi connectivity index (χ2n) is 4.76. The van der Waals surface area contributed by atoms with Gasteiger partial charge in [-0.2, -0.15) is 0 Å². The van der Waals surface area contributed by atoms with Gasteiger partial charge < -0.3 is 21.1 Å². The largest absolute Gasteiger partial charge is 0.484 e. The number of rotatable bonds is 8. The zero-order valence-electron chi connectivity index (χ0n) is 12.7. The summed E-state index contributed by atoms with van der Waals surface area (Å²) in [7, 11) is 0. The molecule has 1 rings (SSSR count). The number of carbonyl (C=O) groups excluding carboxylic acids is 3. The van der Waals surface area contributed by atoms with Crippen molar-refractivity contribution in [3.63, 3.8) is 0 Å². The van der Waals surface area contributed by atoms with Crippen molar-refractivity contribution >= 4 is 17.7 Å². The summed E-state index contributed by atoms with van der Waals surface area (Å²) in [6, 6.07) is 5.49. The van der Waals surface area contributed by atoms with Gasteiger partial charge in [0.15, 0.2) is 6.61 Å². The second-order valence-corrected chi connectivity index (χ2v) is 4.76. The van der Waals surface area contributed by atoms with Gasteiger partial charge in [-0.1, -0.05) is 6.92 Å². The normalized spacial score (nSPS) is 11.4. The SMILES string of the molecule is CCCNC(=O)[C@H](C)NC(=O)COc1ccc(C(N)=O)cc1. The van der Waals surface area contributed by atoms with Gasteiger partial charge in [-0.25, -0.2) is 0 Å². The zero-order valence-corrected chi connectivity index (χ0v) is 12.7. The van der Waals surface area contributed by atoms with Crippen LogP contribution in [0, 0.1) is 0 Å². The second kappa shape index (κ2) is 8.66. The maximum absolute atomic E-state index is 11.7. The Morgan fingerprint density at radius 2 is 1.86 bits per heavy atom. The molecule has 0 aliphatic heterocycles. The number of primary amides is 1. The van der Waals surface area contributed by atoms with Gasteiger partial charge in [0.25, 0.3) is 5.91 Å². The summed E-state index contributed by atoms with van der Waals surface area (Å²) < 4.78 is 5.27. The summed E-state index contributed by atoms with van der Waals surface area (Å²) in [6.07, 6.45) is 0.830. The van der Waals surface area contributed by atoms with E-state index in [2.05, 4.69) is 10.6 Å². The standard InChI is InChI=1S/C15H21N3O4/c1-3-8-17-15(21)10(2)18-13(19)9-22-12-6-4-11(5-7-12)14(16)20/h4-7,10H,3,8-9H2,1-2H3,(H2,16,20)(H,17,21)(H,18,19)/t10-/m0/s1. The lowest BCUT2D eigenvalue weighted by Crippen LogP contribution is -2.46. The molecule has 0 aliphatic carbocycles. The predicted molar refractivity (Wildman–Crippen MR) is 81.4 cm³/mol. The van der Waals surface area contributed by atoms with Gasteiger partial charge in [0, 0.05) is 12.1 Å². The molecule has 0 saturated heterocycles. The van der Waals surface area contributed by atoms with E-state index in [0.29, 0.717) is 17.9 Å². The number of benzene rings is 1. The molecule has 1 atom stereocenters. The number of hydrogen-bond donors (Lipinski definition) is 3. The molecular weight excluding hydrogens is 286 g/mol. The molecule has 0 unspecified atom stereocenters. The molecular formula is C15H21N3O4. The van der Waals surface area contributed by atoms with Crippen LogP contribution in [-0.2, 0) is 9.59 Å². The van der Waals surface area contributed by atoms with Gasteiger partial charge in [-0.05, 0) is 37.6 Å². The molecule has 7 heteroatoms. The van der Waals surface area contributed by atoms with Gasteiger partial charge >= 0.3 is 0 Å². The Hall–Kier alpha value is -2.57. The first-order valence-electron chi connectivity index (χ1n) is 7.03. The Morgan fingerprint density at radius 3 is 2.41 bits per heavy atom. The summed E-state index contributed by atoms with van der Waals surface area (Å²) in [6.45, 7) is 3.90. The van der Waals surface area contributed by atoms with Gasteiger partial charge in [-0.15, -0.1) is 0 Å². The molecule has 0 aromatic heterocycles. The minimum Gasteiger partial charge on any atom is -0.484 e. The minimum absolute atomic E-state index is 0.221. The zero-order chi connectivity index (χ0) is 16.5. The molecule has 0 heterocycles. The number of amides is 3. The third-order valence-corrected chi connectivity index (χ3v) is 2.83. The van der Waals surface area contributed by atoms with Crippen LogP contribution >= 0.6 is 0 Å². The van der Waals surface area contributed by atoms with Crippen LogP contribution in [0.15, 0.2) is 24.3 Å². The van der Waals surface area contributed by atoms with Gasteiger partial charge in [0.1, 0.15) is 11.8 Å². The van der Waals surface area contributed by atoms with Crippen molar-refractivity contribution in [2.75, 3.05) is 13.2 Å². The lowest BCUT2D eigenvalue weighted by Gasteiger charge is -2.14. The molecule has 7 nitrogen and oxygen atoms in total. The fourth-order valence-electron chi connectivity index (χ4n) is 1.61. The van der Waals surface area contributed by atoms with Crippen molar-refractivity contribution in [2.24, 2.45) is 5.73 Å². The molecule has 0 saturated carbocycles. The molecule has 0 spiro atoms. The molecule has 0 aliphatic rings. The summed E-state index contributed by atoms with van der Waals surface area (Å²) in [5.41, 5.74) is 5.48. The van der Waals surface area contributed by atoms with E-state index in [1.807, 2.05) is 6.92 Å². The summed E-state index contributed by atoms with van der Waals surface area (Å²) >= 11 is 0. The van der Waals surface area contributed by atoms with E-state index in [4.69, 9.17) is 10.5 Å². The molecule has 1 aromatic carbocycles. The molecule has 4 N–H and O–H groups in total. The van der Waals surface area contributed by atoms with E-state index in [0.717, 1.165) is 6.42 Å². The summed E-state index contributed by atoms with van der Waals surface area (Å²) in [4.78, 5) is 34.2. The van der Waals surface area contributed by atoms with Crippen molar-refractivity contribution in [1.82, 2.24) is 10.6 Å². The number of nitrogens with one attached hydrogen (secondary N) is 2. The van der Waals surface area contributed by atoms with Crippen LogP contribution in [0.25, 0.3) is 0 Å². The number of ether oxygens (including phenoxy) is 1. The molecule has 22 heavy (non-hydrogen) atoms. The van der Waals surface area contributed by atoms with E-state index >= 15 is 0 Å². The van der Waals surface area contributed by atoms with E-state index < -0.39 is 17.9 Å². The van der Waals surface area contributed by atoms with Crippen LogP contribution in [-0.4, -0.2) is 36.9 Å². The van der Waals surface area contributed by atoms with E-state index in [-0.39, 0.29) is 12.5 Å². The van der Waals surface area contributed by atoms with Gasteiger partial charge in [0.2, 0.25) is 11.8 Å². The first kappa shape index (κ1) is 17.5. The van der Waals surface area contributed by atoms with Crippen molar-refractivity contribution in [2.45, 2.75) is 26.3 Å². The van der Waals surface area contributed by atoms with Gasteiger partial charge in [0.05, 0.1) is 0 Å². The highest BCUT2D eigenvalue weighted by Crippen LogP contribution is 2.11. The molecule has 120 valence electrons. The average Bonchev–Trinajstić information content (AvgIpc) is 2.50. The van der Waals surface area contributed by atoms with Crippen LogP contribution < -0.4 is 21.1 Å². The van der Waals surface area contributed by atoms with E-state index in [9.17, 15) is 14.4 Å². The average molecular weight is 307 g/mol. The fraction of sp³-hybridized carbons (Fsp3) is 0.400. The fourth-order valence-corrected chi connectivity index (χ4v) is 1.61. The van der Waals surface area contributed by atoms with Crippen LogP contribution in [0.5, 0.6) is 5.75 Å². The summed E-state index contributed by atoms with van der Waals surface area (Å²) in [5, 5.41) is 5.23. The number of hydrogen-bond acceptors (Lipinski definition) is 4. The maximum atomic E-state index is 11.7. The predicted octanol–water partition coefficient (Wildman–Crippen LogP) is 0.195. The Labute approximate surface area is 129 Å². The monoisotopic (exact) mass is 307 g/mol. The molecule has 3 amide bonds. The lowest BCUT2D eigenvalue weighted by molar-refractivity contribution is -0.129. The smallest absolute Gasteiger partial charge is 0.258 e. The molecule has 0 radical (unpaired) electrons. The van der Waals surface area contributed by atoms with Crippen LogP contribution in [0.1, 0.15) is 30.6 Å².